The molecule has 13 heavy (non-hydrogen) atoms. The van der Waals surface area contributed by atoms with Crippen LogP contribution in [0.2, 0.25) is 0 Å². The minimum atomic E-state index is 1.08. The second kappa shape index (κ2) is 5.76. The Bertz CT molecular complexity index is 225. The lowest BCUT2D eigenvalue weighted by atomic mass is 10.1. The van der Waals surface area contributed by atoms with Crippen LogP contribution in [-0.2, 0) is 6.42 Å². The SMILES string of the molecule is CCNCCCc1ccc(C)cc1. The van der Waals surface area contributed by atoms with Crippen molar-refractivity contribution in [1.29, 1.82) is 0 Å². The lowest BCUT2D eigenvalue weighted by Gasteiger charge is -2.02. The van der Waals surface area contributed by atoms with E-state index < -0.39 is 0 Å². The van der Waals surface area contributed by atoms with Gasteiger partial charge in [-0.2, -0.15) is 0 Å². The lowest BCUT2D eigenvalue weighted by molar-refractivity contribution is 0.672. The molecule has 0 spiro atoms. The van der Waals surface area contributed by atoms with Gasteiger partial charge in [0.05, 0.1) is 0 Å². The molecule has 1 nitrogen and oxygen atoms in total. The Balaban J connectivity index is 2.25. The Labute approximate surface area is 81.2 Å². The van der Waals surface area contributed by atoms with Crippen LogP contribution in [-0.4, -0.2) is 13.1 Å². The molecule has 0 saturated heterocycles. The van der Waals surface area contributed by atoms with Crippen LogP contribution in [0.3, 0.4) is 0 Å². The fourth-order valence-electron chi connectivity index (χ4n) is 1.35. The fraction of sp³-hybridized carbons (Fsp3) is 0.500. The number of aryl methyl sites for hydroxylation is 2. The summed E-state index contributed by atoms with van der Waals surface area (Å²) in [5, 5.41) is 3.33. The minimum absolute atomic E-state index is 1.08. The molecular formula is C12H19N. The predicted molar refractivity (Wildman–Crippen MR) is 58.0 cm³/mol. The van der Waals surface area contributed by atoms with Gasteiger partial charge in [-0.1, -0.05) is 36.8 Å². The average molecular weight is 177 g/mol. The lowest BCUT2D eigenvalue weighted by Crippen LogP contribution is -2.14. The highest BCUT2D eigenvalue weighted by atomic mass is 14.8. The highest BCUT2D eigenvalue weighted by Gasteiger charge is 1.91. The van der Waals surface area contributed by atoms with Crippen LogP contribution < -0.4 is 5.32 Å². The molecule has 72 valence electrons. The summed E-state index contributed by atoms with van der Waals surface area (Å²) in [7, 11) is 0. The van der Waals surface area contributed by atoms with Gasteiger partial charge in [0, 0.05) is 0 Å². The third-order valence-corrected chi connectivity index (χ3v) is 2.19. The first-order valence-corrected chi connectivity index (χ1v) is 5.09. The summed E-state index contributed by atoms with van der Waals surface area (Å²) in [5.41, 5.74) is 2.79. The highest BCUT2D eigenvalue weighted by Crippen LogP contribution is 2.04. The minimum Gasteiger partial charge on any atom is -0.317 e. The third kappa shape index (κ3) is 4.09. The van der Waals surface area contributed by atoms with Crippen LogP contribution >= 0.6 is 0 Å². The molecule has 1 aromatic rings. The van der Waals surface area contributed by atoms with Gasteiger partial charge in [0.25, 0.3) is 0 Å². The number of benzene rings is 1. The standard InChI is InChI=1S/C12H19N/c1-3-13-10-4-5-12-8-6-11(2)7-9-12/h6-9,13H,3-5,10H2,1-2H3. The Kier molecular flexibility index (Phi) is 4.55. The van der Waals surface area contributed by atoms with E-state index in [0.717, 1.165) is 13.1 Å². The monoisotopic (exact) mass is 177 g/mol. The first-order chi connectivity index (χ1) is 6.33. The zero-order valence-corrected chi connectivity index (χ0v) is 8.64. The summed E-state index contributed by atoms with van der Waals surface area (Å²) in [6, 6.07) is 8.81. The Morgan fingerprint density at radius 1 is 1.15 bits per heavy atom. The van der Waals surface area contributed by atoms with Crippen molar-refractivity contribution in [3.8, 4) is 0 Å². The predicted octanol–water partition coefficient (Wildman–Crippen LogP) is 2.54. The van der Waals surface area contributed by atoms with Gasteiger partial charge >= 0.3 is 0 Å². The summed E-state index contributed by atoms with van der Waals surface area (Å²) in [4.78, 5) is 0. The van der Waals surface area contributed by atoms with E-state index in [2.05, 4.69) is 43.4 Å². The smallest absolute Gasteiger partial charge is 0.00459 e. The van der Waals surface area contributed by atoms with Crippen molar-refractivity contribution in [2.24, 2.45) is 0 Å². The van der Waals surface area contributed by atoms with Gasteiger partial charge in [-0.15, -0.1) is 0 Å². The topological polar surface area (TPSA) is 12.0 Å². The first kappa shape index (κ1) is 10.3. The second-order valence-electron chi connectivity index (χ2n) is 3.44. The average Bonchev–Trinajstić information content (AvgIpc) is 2.15. The maximum atomic E-state index is 3.33. The van der Waals surface area contributed by atoms with Crippen molar-refractivity contribution in [2.75, 3.05) is 13.1 Å². The molecule has 0 amide bonds. The molecule has 0 aliphatic carbocycles. The summed E-state index contributed by atoms with van der Waals surface area (Å²) in [5.74, 6) is 0. The summed E-state index contributed by atoms with van der Waals surface area (Å²) < 4.78 is 0. The van der Waals surface area contributed by atoms with Crippen molar-refractivity contribution in [3.05, 3.63) is 35.4 Å². The van der Waals surface area contributed by atoms with Crippen molar-refractivity contribution in [1.82, 2.24) is 5.32 Å². The van der Waals surface area contributed by atoms with Gasteiger partial charge in [-0.3, -0.25) is 0 Å². The number of hydrogen-bond donors (Lipinski definition) is 1. The van der Waals surface area contributed by atoms with Crippen LogP contribution in [0, 0.1) is 6.92 Å². The van der Waals surface area contributed by atoms with E-state index in [1.807, 2.05) is 0 Å². The van der Waals surface area contributed by atoms with Crippen molar-refractivity contribution in [2.45, 2.75) is 26.7 Å². The van der Waals surface area contributed by atoms with Gasteiger partial charge in [0.1, 0.15) is 0 Å². The van der Waals surface area contributed by atoms with Gasteiger partial charge in [0.2, 0.25) is 0 Å². The van der Waals surface area contributed by atoms with E-state index in [1.54, 1.807) is 0 Å². The molecule has 0 saturated carbocycles. The van der Waals surface area contributed by atoms with E-state index in [9.17, 15) is 0 Å². The Hall–Kier alpha value is -0.820. The maximum absolute atomic E-state index is 3.33. The number of nitrogens with one attached hydrogen (secondary N) is 1. The molecule has 1 N–H and O–H groups in total. The van der Waals surface area contributed by atoms with E-state index >= 15 is 0 Å². The van der Waals surface area contributed by atoms with Crippen LogP contribution in [0.25, 0.3) is 0 Å². The van der Waals surface area contributed by atoms with Crippen LogP contribution in [0.4, 0.5) is 0 Å². The highest BCUT2D eigenvalue weighted by molar-refractivity contribution is 5.21. The van der Waals surface area contributed by atoms with Gasteiger partial charge < -0.3 is 5.32 Å². The molecule has 0 aliphatic rings. The summed E-state index contributed by atoms with van der Waals surface area (Å²) in [6.45, 7) is 6.48. The number of hydrogen-bond acceptors (Lipinski definition) is 1. The molecule has 1 heteroatoms. The summed E-state index contributed by atoms with van der Waals surface area (Å²) in [6.07, 6.45) is 2.42. The van der Waals surface area contributed by atoms with Crippen molar-refractivity contribution >= 4 is 0 Å². The van der Waals surface area contributed by atoms with E-state index in [4.69, 9.17) is 0 Å². The van der Waals surface area contributed by atoms with Crippen molar-refractivity contribution in [3.63, 3.8) is 0 Å². The first-order valence-electron chi connectivity index (χ1n) is 5.09. The second-order valence-corrected chi connectivity index (χ2v) is 3.44. The molecule has 0 bridgehead atoms. The normalized spacial score (nSPS) is 10.3. The van der Waals surface area contributed by atoms with E-state index in [0.29, 0.717) is 0 Å². The van der Waals surface area contributed by atoms with Gasteiger partial charge in [-0.05, 0) is 38.4 Å². The summed E-state index contributed by atoms with van der Waals surface area (Å²) >= 11 is 0. The largest absolute Gasteiger partial charge is 0.317 e. The third-order valence-electron chi connectivity index (χ3n) is 2.19. The van der Waals surface area contributed by atoms with Crippen molar-refractivity contribution < 1.29 is 0 Å². The van der Waals surface area contributed by atoms with E-state index in [1.165, 1.54) is 24.0 Å². The van der Waals surface area contributed by atoms with Crippen LogP contribution in [0.5, 0.6) is 0 Å². The molecule has 0 atom stereocenters. The number of rotatable bonds is 5. The zero-order valence-electron chi connectivity index (χ0n) is 8.64. The molecule has 0 fully saturated rings. The molecule has 0 heterocycles. The van der Waals surface area contributed by atoms with Gasteiger partial charge in [0.15, 0.2) is 0 Å². The molecule has 0 unspecified atom stereocenters. The van der Waals surface area contributed by atoms with Gasteiger partial charge in [-0.25, -0.2) is 0 Å². The molecule has 0 radical (unpaired) electrons. The van der Waals surface area contributed by atoms with Crippen LogP contribution in [0.1, 0.15) is 24.5 Å². The van der Waals surface area contributed by atoms with Crippen LogP contribution in [0.15, 0.2) is 24.3 Å². The molecule has 0 aliphatic heterocycles. The molecule has 1 aromatic carbocycles. The Morgan fingerprint density at radius 2 is 1.85 bits per heavy atom. The quantitative estimate of drug-likeness (QED) is 0.681. The zero-order chi connectivity index (χ0) is 9.52. The van der Waals surface area contributed by atoms with E-state index in [-0.39, 0.29) is 0 Å². The molecule has 0 aromatic heterocycles. The fourth-order valence-corrected chi connectivity index (χ4v) is 1.35. The maximum Gasteiger partial charge on any atom is -0.00459 e. The molecule has 1 rings (SSSR count). The Morgan fingerprint density at radius 3 is 2.46 bits per heavy atom. The molecular weight excluding hydrogens is 158 g/mol.